The highest BCUT2D eigenvalue weighted by Crippen LogP contribution is 2.24. The smallest absolute Gasteiger partial charge is 0.303 e. The molecule has 1 N–H and O–H groups in total. The molecule has 0 saturated carbocycles. The van der Waals surface area contributed by atoms with Crippen molar-refractivity contribution in [2.24, 2.45) is 7.05 Å². The summed E-state index contributed by atoms with van der Waals surface area (Å²) in [7, 11) is 1.92. The molecule has 130 valence electrons. The maximum absolute atomic E-state index is 12.5. The molecule has 4 nitrogen and oxygen atoms in total. The average Bonchev–Trinajstić information content (AvgIpc) is 2.71. The molecular weight excluding hydrogens is 290 g/mol. The first-order valence-corrected chi connectivity index (χ1v) is 8.79. The van der Waals surface area contributed by atoms with Crippen LogP contribution in [-0.4, -0.2) is 21.4 Å². The molecule has 0 fully saturated rings. The fraction of sp³-hybridized carbons (Fsp3) is 0.684. The van der Waals surface area contributed by atoms with Crippen LogP contribution in [0.4, 0.5) is 0 Å². The molecule has 0 amide bonds. The van der Waals surface area contributed by atoms with E-state index in [0.717, 1.165) is 35.4 Å². The summed E-state index contributed by atoms with van der Waals surface area (Å²) in [6, 6.07) is 0. The van der Waals surface area contributed by atoms with Gasteiger partial charge in [0.1, 0.15) is 0 Å². The van der Waals surface area contributed by atoms with Gasteiger partial charge in [0.25, 0.3) is 0 Å². The van der Waals surface area contributed by atoms with Crippen LogP contribution in [0.15, 0.2) is 0 Å². The summed E-state index contributed by atoms with van der Waals surface area (Å²) in [5.41, 5.74) is 3.69. The molecule has 0 aliphatic rings. The third-order valence-electron chi connectivity index (χ3n) is 4.69. The van der Waals surface area contributed by atoms with Crippen molar-refractivity contribution in [2.45, 2.75) is 78.6 Å². The molecule has 0 atom stereocenters. The van der Waals surface area contributed by atoms with E-state index >= 15 is 0 Å². The number of rotatable bonds is 11. The third-order valence-corrected chi connectivity index (χ3v) is 4.69. The van der Waals surface area contributed by atoms with Crippen LogP contribution >= 0.6 is 0 Å². The molecular formula is C19H31NO3. The van der Waals surface area contributed by atoms with Gasteiger partial charge in [-0.15, -0.1) is 0 Å². The third kappa shape index (κ3) is 5.52. The molecule has 0 radical (unpaired) electrons. The number of Topliss-reactive ketones (excluding diaryl/α,β-unsaturated/α-hetero) is 1. The van der Waals surface area contributed by atoms with E-state index < -0.39 is 5.97 Å². The van der Waals surface area contributed by atoms with Crippen molar-refractivity contribution in [3.63, 3.8) is 0 Å². The molecule has 1 heterocycles. The van der Waals surface area contributed by atoms with Gasteiger partial charge in [0.15, 0.2) is 5.78 Å². The van der Waals surface area contributed by atoms with Crippen molar-refractivity contribution >= 4 is 11.8 Å². The van der Waals surface area contributed by atoms with Crippen LogP contribution < -0.4 is 0 Å². The van der Waals surface area contributed by atoms with Crippen LogP contribution in [0.2, 0.25) is 0 Å². The van der Waals surface area contributed by atoms with Crippen LogP contribution in [0.5, 0.6) is 0 Å². The van der Waals surface area contributed by atoms with Gasteiger partial charge in [-0.3, -0.25) is 9.59 Å². The number of hydrogen-bond acceptors (Lipinski definition) is 2. The van der Waals surface area contributed by atoms with Crippen LogP contribution in [0.25, 0.3) is 0 Å². The first-order chi connectivity index (χ1) is 10.9. The Morgan fingerprint density at radius 2 is 1.61 bits per heavy atom. The zero-order chi connectivity index (χ0) is 17.4. The molecule has 0 bridgehead atoms. The molecule has 0 unspecified atom stereocenters. The van der Waals surface area contributed by atoms with Gasteiger partial charge in [0, 0.05) is 30.4 Å². The van der Waals surface area contributed by atoms with E-state index in [1.807, 2.05) is 25.5 Å². The minimum Gasteiger partial charge on any atom is -0.481 e. The highest BCUT2D eigenvalue weighted by Gasteiger charge is 2.20. The van der Waals surface area contributed by atoms with Crippen molar-refractivity contribution in [3.05, 3.63) is 22.5 Å². The lowest BCUT2D eigenvalue weighted by Crippen LogP contribution is -2.04. The highest BCUT2D eigenvalue weighted by atomic mass is 16.4. The molecule has 23 heavy (non-hydrogen) atoms. The molecule has 0 aliphatic heterocycles. The summed E-state index contributed by atoms with van der Waals surface area (Å²) in [6.45, 7) is 6.09. The van der Waals surface area contributed by atoms with Gasteiger partial charge in [-0.1, -0.05) is 39.0 Å². The topological polar surface area (TPSA) is 59.3 Å². The summed E-state index contributed by atoms with van der Waals surface area (Å²) in [4.78, 5) is 23.3. The second kappa shape index (κ2) is 9.53. The number of carboxylic acids is 1. The molecule has 1 aromatic rings. The summed E-state index contributed by atoms with van der Waals surface area (Å²) in [5.74, 6) is -0.601. The predicted octanol–water partition coefficient (Wildman–Crippen LogP) is 4.59. The molecule has 1 aromatic heterocycles. The lowest BCUT2D eigenvalue weighted by atomic mass is 9.99. The van der Waals surface area contributed by atoms with Crippen LogP contribution in [0.1, 0.15) is 85.6 Å². The summed E-state index contributed by atoms with van der Waals surface area (Å²) < 4.78 is 1.98. The molecule has 0 saturated heterocycles. The first-order valence-electron chi connectivity index (χ1n) is 8.79. The number of carbonyl (C=O) groups excluding carboxylic acids is 1. The van der Waals surface area contributed by atoms with E-state index in [9.17, 15) is 9.59 Å². The second-order valence-electron chi connectivity index (χ2n) is 6.43. The van der Waals surface area contributed by atoms with Crippen molar-refractivity contribution in [1.82, 2.24) is 4.57 Å². The Labute approximate surface area is 139 Å². The van der Waals surface area contributed by atoms with Crippen molar-refractivity contribution in [1.29, 1.82) is 0 Å². The molecule has 4 heteroatoms. The van der Waals surface area contributed by atoms with Crippen molar-refractivity contribution in [2.75, 3.05) is 0 Å². The van der Waals surface area contributed by atoms with Gasteiger partial charge in [-0.25, -0.2) is 0 Å². The quantitative estimate of drug-likeness (QED) is 0.479. The predicted molar refractivity (Wildman–Crippen MR) is 93.2 cm³/mol. The molecule has 0 aliphatic carbocycles. The van der Waals surface area contributed by atoms with Crippen LogP contribution in [0.3, 0.4) is 0 Å². The fourth-order valence-corrected chi connectivity index (χ4v) is 3.22. The average molecular weight is 321 g/mol. The maximum Gasteiger partial charge on any atom is 0.303 e. The van der Waals surface area contributed by atoms with Gasteiger partial charge >= 0.3 is 5.97 Å². The van der Waals surface area contributed by atoms with Crippen molar-refractivity contribution < 1.29 is 14.7 Å². The van der Waals surface area contributed by atoms with E-state index in [1.54, 1.807) is 0 Å². The van der Waals surface area contributed by atoms with E-state index in [4.69, 9.17) is 5.11 Å². The maximum atomic E-state index is 12.5. The number of carboxylic acid groups (broad SMARTS) is 1. The fourth-order valence-electron chi connectivity index (χ4n) is 3.22. The first kappa shape index (κ1) is 19.5. The minimum atomic E-state index is -0.803. The SMILES string of the molecule is CCCCCCCCC(=O)c1c(C)c(CCC(=O)O)n(C)c1C. The Morgan fingerprint density at radius 1 is 1.00 bits per heavy atom. The van der Waals surface area contributed by atoms with Crippen molar-refractivity contribution in [3.8, 4) is 0 Å². The summed E-state index contributed by atoms with van der Waals surface area (Å²) in [5, 5.41) is 8.87. The standard InChI is InChI=1S/C19H31NO3/c1-5-6-7-8-9-10-11-17(21)19-14(2)16(12-13-18(22)23)20(4)15(19)3/h5-13H2,1-4H3,(H,22,23). The van der Waals surface area contributed by atoms with Gasteiger partial charge in [0.05, 0.1) is 6.42 Å². The number of nitrogens with zero attached hydrogens (tertiary/aromatic N) is 1. The van der Waals surface area contributed by atoms with Gasteiger partial charge < -0.3 is 9.67 Å². The Morgan fingerprint density at radius 3 is 2.22 bits per heavy atom. The minimum absolute atomic E-state index is 0.100. The number of unbranched alkanes of at least 4 members (excludes halogenated alkanes) is 5. The number of ketones is 1. The van der Waals surface area contributed by atoms with E-state index in [1.165, 1.54) is 25.7 Å². The highest BCUT2D eigenvalue weighted by molar-refractivity contribution is 5.99. The Kier molecular flexibility index (Phi) is 8.07. The van der Waals surface area contributed by atoms with E-state index in [2.05, 4.69) is 6.92 Å². The summed E-state index contributed by atoms with van der Waals surface area (Å²) in [6.07, 6.45) is 8.20. The Hall–Kier alpha value is -1.58. The van der Waals surface area contributed by atoms with E-state index in [0.29, 0.717) is 12.8 Å². The second-order valence-corrected chi connectivity index (χ2v) is 6.43. The Bertz CT molecular complexity index is 543. The lowest BCUT2D eigenvalue weighted by Gasteiger charge is -2.04. The normalized spacial score (nSPS) is 11.0. The molecule has 0 spiro atoms. The number of hydrogen-bond donors (Lipinski definition) is 1. The van der Waals surface area contributed by atoms with Gasteiger partial charge in [-0.05, 0) is 32.3 Å². The summed E-state index contributed by atoms with van der Waals surface area (Å²) >= 11 is 0. The lowest BCUT2D eigenvalue weighted by molar-refractivity contribution is -0.136. The van der Waals surface area contributed by atoms with Gasteiger partial charge in [-0.2, -0.15) is 0 Å². The Balaban J connectivity index is 2.66. The van der Waals surface area contributed by atoms with E-state index in [-0.39, 0.29) is 12.2 Å². The zero-order valence-electron chi connectivity index (χ0n) is 15.1. The molecule has 1 rings (SSSR count). The largest absolute Gasteiger partial charge is 0.481 e. The number of aromatic nitrogens is 1. The number of carbonyl (C=O) groups is 2. The van der Waals surface area contributed by atoms with Crippen LogP contribution in [-0.2, 0) is 18.3 Å². The van der Waals surface area contributed by atoms with Crippen LogP contribution in [0, 0.1) is 13.8 Å². The molecule has 0 aromatic carbocycles. The monoisotopic (exact) mass is 321 g/mol. The zero-order valence-corrected chi connectivity index (χ0v) is 15.1. The number of aliphatic carboxylic acids is 1. The van der Waals surface area contributed by atoms with Gasteiger partial charge in [0.2, 0.25) is 0 Å².